The van der Waals surface area contributed by atoms with Crippen molar-refractivity contribution in [1.82, 2.24) is 0 Å². The number of unbranched alkanes of at least 4 members (excludes halogenated alkanes) is 7. The Bertz CT molecular complexity index is 771. The van der Waals surface area contributed by atoms with Gasteiger partial charge in [-0.15, -0.1) is 0 Å². The standard InChI is InChI=1S/C33H60O8/c1-8-9-10-14-17-27-20-21-28(29(22-27)31(37)39-41-33(6,7)24-26(3)35)18-15-12-11-13-16-19-30(36)38-40-32(4,5)23-25(2)34/h22,25-28,34-35H,8-21,23-24H2,1-7H3. The largest absolute Gasteiger partial charge is 0.393 e. The van der Waals surface area contributed by atoms with E-state index in [0.717, 1.165) is 63.4 Å². The molecule has 8 nitrogen and oxygen atoms in total. The Balaban J connectivity index is 2.49. The Kier molecular flexibility index (Phi) is 18.0. The van der Waals surface area contributed by atoms with Crippen LogP contribution in [0.3, 0.4) is 0 Å². The van der Waals surface area contributed by atoms with Crippen molar-refractivity contribution >= 4 is 11.9 Å². The summed E-state index contributed by atoms with van der Waals surface area (Å²) in [6.45, 7) is 12.7. The Morgan fingerprint density at radius 1 is 0.805 bits per heavy atom. The summed E-state index contributed by atoms with van der Waals surface area (Å²) in [4.78, 5) is 46.1. The molecule has 0 radical (unpaired) electrons. The predicted molar refractivity (Wildman–Crippen MR) is 160 cm³/mol. The van der Waals surface area contributed by atoms with E-state index >= 15 is 0 Å². The maximum absolute atomic E-state index is 13.1. The summed E-state index contributed by atoms with van der Waals surface area (Å²) in [6, 6.07) is 0. The summed E-state index contributed by atoms with van der Waals surface area (Å²) in [7, 11) is 0. The van der Waals surface area contributed by atoms with Gasteiger partial charge in [-0.25, -0.2) is 9.59 Å². The van der Waals surface area contributed by atoms with Crippen molar-refractivity contribution in [2.24, 2.45) is 11.8 Å². The first-order chi connectivity index (χ1) is 19.2. The monoisotopic (exact) mass is 584 g/mol. The molecule has 0 aromatic rings. The zero-order valence-electron chi connectivity index (χ0n) is 27.0. The van der Waals surface area contributed by atoms with Crippen LogP contribution in [0, 0.1) is 11.8 Å². The second kappa shape index (κ2) is 19.7. The van der Waals surface area contributed by atoms with Crippen LogP contribution in [0.15, 0.2) is 11.6 Å². The van der Waals surface area contributed by atoms with E-state index in [1.165, 1.54) is 25.7 Å². The molecular weight excluding hydrogens is 524 g/mol. The van der Waals surface area contributed by atoms with Crippen LogP contribution < -0.4 is 0 Å². The normalized spacial score (nSPS) is 19.4. The minimum absolute atomic E-state index is 0.162. The van der Waals surface area contributed by atoms with Crippen molar-refractivity contribution in [1.29, 1.82) is 0 Å². The van der Waals surface area contributed by atoms with Gasteiger partial charge in [-0.05, 0) is 85.5 Å². The summed E-state index contributed by atoms with van der Waals surface area (Å²) in [5.41, 5.74) is -0.746. The van der Waals surface area contributed by atoms with Gasteiger partial charge in [0.2, 0.25) is 0 Å². The molecule has 1 aliphatic rings. The first-order valence-electron chi connectivity index (χ1n) is 16.1. The average Bonchev–Trinajstić information content (AvgIpc) is 2.87. The van der Waals surface area contributed by atoms with Gasteiger partial charge in [-0.1, -0.05) is 64.4 Å². The van der Waals surface area contributed by atoms with Crippen LogP contribution in [0.2, 0.25) is 0 Å². The van der Waals surface area contributed by atoms with Gasteiger partial charge in [0.25, 0.3) is 0 Å². The molecule has 0 saturated heterocycles. The van der Waals surface area contributed by atoms with Crippen LogP contribution >= 0.6 is 0 Å². The van der Waals surface area contributed by atoms with Gasteiger partial charge in [0.1, 0.15) is 11.2 Å². The second-order valence-corrected chi connectivity index (χ2v) is 13.4. The SMILES string of the molecule is CCCCCCC1C=C(C(=O)OOC(C)(C)CC(C)O)C(CCCCCCCC(=O)OOC(C)(C)CC(C)O)CC1. The van der Waals surface area contributed by atoms with Crippen molar-refractivity contribution in [3.05, 3.63) is 11.6 Å². The summed E-state index contributed by atoms with van der Waals surface area (Å²) < 4.78 is 0. The first-order valence-corrected chi connectivity index (χ1v) is 16.1. The molecule has 0 amide bonds. The molecule has 0 saturated carbocycles. The molecular formula is C33H60O8. The van der Waals surface area contributed by atoms with E-state index in [1.807, 2.05) is 13.8 Å². The molecule has 4 atom stereocenters. The maximum atomic E-state index is 13.1. The highest BCUT2D eigenvalue weighted by molar-refractivity contribution is 5.88. The lowest BCUT2D eigenvalue weighted by Gasteiger charge is -2.29. The van der Waals surface area contributed by atoms with Gasteiger partial charge in [-0.3, -0.25) is 9.78 Å². The second-order valence-electron chi connectivity index (χ2n) is 13.4. The number of aliphatic hydroxyl groups excluding tert-OH is 2. The van der Waals surface area contributed by atoms with Gasteiger partial charge in [-0.2, -0.15) is 9.78 Å². The van der Waals surface area contributed by atoms with E-state index in [9.17, 15) is 19.8 Å². The summed E-state index contributed by atoms with van der Waals surface area (Å²) >= 11 is 0. The van der Waals surface area contributed by atoms with Gasteiger partial charge >= 0.3 is 11.9 Å². The highest BCUT2D eigenvalue weighted by Gasteiger charge is 2.31. The van der Waals surface area contributed by atoms with Crippen molar-refractivity contribution in [3.8, 4) is 0 Å². The fourth-order valence-corrected chi connectivity index (χ4v) is 5.72. The number of hydrogen-bond donors (Lipinski definition) is 2. The molecule has 0 heterocycles. The van der Waals surface area contributed by atoms with Crippen molar-refractivity contribution in [2.75, 3.05) is 0 Å². The summed E-state index contributed by atoms with van der Waals surface area (Å²) in [5.74, 6) is -0.223. The number of rotatable bonds is 22. The molecule has 0 aromatic carbocycles. The number of carbonyl (C=O) groups is 2. The van der Waals surface area contributed by atoms with Crippen LogP contribution in [0.1, 0.15) is 151 Å². The third-order valence-corrected chi connectivity index (χ3v) is 7.62. The van der Waals surface area contributed by atoms with E-state index < -0.39 is 29.4 Å². The Morgan fingerprint density at radius 3 is 1.95 bits per heavy atom. The Labute approximate surface area is 249 Å². The molecule has 0 spiro atoms. The quantitative estimate of drug-likeness (QED) is 0.0757. The van der Waals surface area contributed by atoms with Crippen LogP contribution in [0.4, 0.5) is 0 Å². The van der Waals surface area contributed by atoms with E-state index in [4.69, 9.17) is 19.6 Å². The average molecular weight is 585 g/mol. The third kappa shape index (κ3) is 17.9. The summed E-state index contributed by atoms with van der Waals surface area (Å²) in [5, 5.41) is 19.2. The molecule has 0 fully saturated rings. The highest BCUT2D eigenvalue weighted by atomic mass is 17.2. The molecule has 0 aromatic heterocycles. The molecule has 2 N–H and O–H groups in total. The van der Waals surface area contributed by atoms with Crippen molar-refractivity contribution < 1.29 is 39.4 Å². The number of allylic oxidation sites excluding steroid dienone is 1. The first kappa shape index (κ1) is 37.5. The van der Waals surface area contributed by atoms with Crippen LogP contribution in [0.25, 0.3) is 0 Å². The zero-order chi connectivity index (χ0) is 30.9. The predicted octanol–water partition coefficient (Wildman–Crippen LogP) is 7.69. The molecule has 1 aliphatic carbocycles. The molecule has 41 heavy (non-hydrogen) atoms. The van der Waals surface area contributed by atoms with Crippen LogP contribution in [-0.4, -0.2) is 45.6 Å². The lowest BCUT2D eigenvalue weighted by Crippen LogP contribution is -2.31. The van der Waals surface area contributed by atoms with Gasteiger partial charge in [0.05, 0.1) is 12.2 Å². The Morgan fingerprint density at radius 2 is 1.34 bits per heavy atom. The molecule has 1 rings (SSSR count). The lowest BCUT2D eigenvalue weighted by molar-refractivity contribution is -0.328. The highest BCUT2D eigenvalue weighted by Crippen LogP contribution is 2.35. The minimum atomic E-state index is -0.763. The van der Waals surface area contributed by atoms with E-state index in [-0.39, 0.29) is 11.9 Å². The number of hydrogen-bond acceptors (Lipinski definition) is 8. The zero-order valence-corrected chi connectivity index (χ0v) is 27.0. The molecule has 0 bridgehead atoms. The molecule has 4 unspecified atom stereocenters. The van der Waals surface area contributed by atoms with E-state index in [2.05, 4.69) is 13.0 Å². The number of aliphatic hydroxyl groups is 2. The smallest absolute Gasteiger partial charge is 0.369 e. The van der Waals surface area contributed by atoms with Crippen LogP contribution in [-0.2, 0) is 29.1 Å². The molecule has 0 aliphatic heterocycles. The van der Waals surface area contributed by atoms with Crippen LogP contribution in [0.5, 0.6) is 0 Å². The fourth-order valence-electron chi connectivity index (χ4n) is 5.72. The topological polar surface area (TPSA) is 112 Å². The third-order valence-electron chi connectivity index (χ3n) is 7.62. The van der Waals surface area contributed by atoms with E-state index in [1.54, 1.807) is 27.7 Å². The van der Waals surface area contributed by atoms with Gasteiger partial charge < -0.3 is 10.2 Å². The van der Waals surface area contributed by atoms with Crippen molar-refractivity contribution in [3.63, 3.8) is 0 Å². The number of carbonyl (C=O) groups excluding carboxylic acids is 2. The minimum Gasteiger partial charge on any atom is -0.393 e. The van der Waals surface area contributed by atoms with Crippen molar-refractivity contribution in [2.45, 2.75) is 175 Å². The fraction of sp³-hybridized carbons (Fsp3) is 0.879. The van der Waals surface area contributed by atoms with Gasteiger partial charge in [0.15, 0.2) is 0 Å². The maximum Gasteiger partial charge on any atom is 0.369 e. The molecule has 8 heteroatoms. The Hall–Kier alpha value is -1.48. The lowest BCUT2D eigenvalue weighted by atomic mass is 9.78. The summed E-state index contributed by atoms with van der Waals surface area (Å²) in [6.07, 6.45) is 15.8. The molecule has 240 valence electrons. The van der Waals surface area contributed by atoms with Gasteiger partial charge in [0, 0.05) is 24.8 Å². The van der Waals surface area contributed by atoms with E-state index in [0.29, 0.717) is 25.2 Å².